The van der Waals surface area contributed by atoms with Gasteiger partial charge in [0.1, 0.15) is 23.9 Å². The van der Waals surface area contributed by atoms with Gasteiger partial charge in [0.25, 0.3) is 0 Å². The van der Waals surface area contributed by atoms with Crippen LogP contribution < -0.4 is 27.4 Å². The van der Waals surface area contributed by atoms with Crippen LogP contribution in [0, 0.1) is 5.92 Å². The number of hydrogen-bond donors (Lipinski definition) is 8. The van der Waals surface area contributed by atoms with Crippen molar-refractivity contribution in [2.24, 2.45) is 17.4 Å². The van der Waals surface area contributed by atoms with Crippen molar-refractivity contribution in [2.45, 2.75) is 57.3 Å². The van der Waals surface area contributed by atoms with Gasteiger partial charge in [0, 0.05) is 12.2 Å². The van der Waals surface area contributed by atoms with Crippen molar-refractivity contribution >= 4 is 42.2 Å². The lowest BCUT2D eigenvalue weighted by Crippen LogP contribution is -2.58. The third-order valence-electron chi connectivity index (χ3n) is 5.36. The normalized spacial score (nSPS) is 15.1. The number of amides is 4. The van der Waals surface area contributed by atoms with Gasteiger partial charge in [-0.2, -0.15) is 12.6 Å². The first-order chi connectivity index (χ1) is 16.4. The lowest BCUT2D eigenvalue weighted by molar-refractivity contribution is -0.144. The predicted molar refractivity (Wildman–Crippen MR) is 130 cm³/mol. The number of carbonyl (C=O) groups is 5. The Labute approximate surface area is 208 Å². The van der Waals surface area contributed by atoms with Crippen molar-refractivity contribution < 1.29 is 34.2 Å². The second-order valence-corrected chi connectivity index (χ2v) is 8.53. The van der Waals surface area contributed by atoms with Gasteiger partial charge in [-0.3, -0.25) is 19.2 Å². The van der Waals surface area contributed by atoms with Crippen LogP contribution in [-0.2, 0) is 30.4 Å². The number of nitrogens with two attached hydrogens (primary N) is 2. The smallest absolute Gasteiger partial charge is 0.326 e. The summed E-state index contributed by atoms with van der Waals surface area (Å²) in [5.74, 6) is -4.96. The topological polar surface area (TPSA) is 214 Å². The molecule has 0 aliphatic heterocycles. The Morgan fingerprint density at radius 2 is 1.51 bits per heavy atom. The Morgan fingerprint density at radius 3 is 2.00 bits per heavy atom. The van der Waals surface area contributed by atoms with Gasteiger partial charge < -0.3 is 37.6 Å². The van der Waals surface area contributed by atoms with E-state index in [1.54, 1.807) is 13.8 Å². The molecule has 0 saturated heterocycles. The maximum Gasteiger partial charge on any atom is 0.326 e. The summed E-state index contributed by atoms with van der Waals surface area (Å²) in [5.41, 5.74) is 11.4. The third-order valence-corrected chi connectivity index (χ3v) is 5.75. The fraction of sp³-hybridized carbons (Fsp3) is 0.500. The number of thiol groups is 1. The SMILES string of the molecule is CCC(C)C(NC(=O)C(Cc1ccc(O)cc1)NC(=O)C(CC(N)=O)NC(=O)C(N)CS)C(=O)O. The maximum atomic E-state index is 13.1. The highest BCUT2D eigenvalue weighted by atomic mass is 32.1. The van der Waals surface area contributed by atoms with Gasteiger partial charge in [-0.05, 0) is 23.6 Å². The number of carbonyl (C=O) groups excluding carboxylic acids is 4. The first kappa shape index (κ1) is 29.7. The molecule has 5 atom stereocenters. The molecule has 0 fully saturated rings. The largest absolute Gasteiger partial charge is 0.508 e. The molecule has 0 radical (unpaired) electrons. The van der Waals surface area contributed by atoms with Gasteiger partial charge >= 0.3 is 5.97 Å². The van der Waals surface area contributed by atoms with Crippen molar-refractivity contribution in [1.29, 1.82) is 0 Å². The van der Waals surface area contributed by atoms with Crippen LogP contribution >= 0.6 is 12.6 Å². The van der Waals surface area contributed by atoms with Gasteiger partial charge in [-0.25, -0.2) is 4.79 Å². The molecule has 5 unspecified atom stereocenters. The molecule has 0 aliphatic rings. The monoisotopic (exact) mass is 511 g/mol. The number of nitrogens with one attached hydrogen (secondary N) is 3. The molecular weight excluding hydrogens is 478 g/mol. The number of carboxylic acid groups (broad SMARTS) is 1. The van der Waals surface area contributed by atoms with Crippen LogP contribution in [0.3, 0.4) is 0 Å². The standard InChI is InChI=1S/C22H33N5O7S/c1-3-11(2)18(22(33)34)27-21(32)15(8-12-4-6-13(28)7-5-12)26-20(31)16(9-17(24)29)25-19(30)14(23)10-35/h4-7,11,14-16,18,28,35H,3,8-10,23H2,1-2H3,(H2,24,29)(H,25,30)(H,26,31)(H,27,32)(H,33,34). The molecule has 0 aliphatic carbocycles. The molecule has 0 heterocycles. The minimum absolute atomic E-state index is 0.00809. The Morgan fingerprint density at radius 1 is 0.971 bits per heavy atom. The summed E-state index contributed by atoms with van der Waals surface area (Å²) < 4.78 is 0. The second-order valence-electron chi connectivity index (χ2n) is 8.16. The van der Waals surface area contributed by atoms with E-state index in [1.807, 2.05) is 0 Å². The van der Waals surface area contributed by atoms with Crippen LogP contribution in [0.15, 0.2) is 24.3 Å². The van der Waals surface area contributed by atoms with E-state index in [0.29, 0.717) is 12.0 Å². The summed E-state index contributed by atoms with van der Waals surface area (Å²) in [6.07, 6.45) is -0.155. The lowest BCUT2D eigenvalue weighted by atomic mass is 9.98. The number of rotatable bonds is 14. The summed E-state index contributed by atoms with van der Waals surface area (Å²) in [6, 6.07) is 0.875. The average Bonchev–Trinajstić information content (AvgIpc) is 2.81. The number of benzene rings is 1. The fourth-order valence-corrected chi connectivity index (χ4v) is 3.22. The highest BCUT2D eigenvalue weighted by Crippen LogP contribution is 2.13. The van der Waals surface area contributed by atoms with Crippen molar-refractivity contribution in [2.75, 3.05) is 5.75 Å². The number of hydrogen-bond acceptors (Lipinski definition) is 8. The Kier molecular flexibility index (Phi) is 12.0. The van der Waals surface area contributed by atoms with Crippen molar-refractivity contribution in [1.82, 2.24) is 16.0 Å². The number of aliphatic carboxylic acids is 1. The lowest BCUT2D eigenvalue weighted by Gasteiger charge is -2.26. The van der Waals surface area contributed by atoms with Gasteiger partial charge in [0.15, 0.2) is 0 Å². The van der Waals surface area contributed by atoms with Gasteiger partial charge in [-0.15, -0.1) is 0 Å². The maximum absolute atomic E-state index is 13.1. The average molecular weight is 512 g/mol. The molecule has 1 aromatic rings. The fourth-order valence-electron chi connectivity index (χ4n) is 3.06. The third kappa shape index (κ3) is 9.83. The van der Waals surface area contributed by atoms with E-state index in [2.05, 4.69) is 28.6 Å². The molecule has 1 aromatic carbocycles. The van der Waals surface area contributed by atoms with Crippen molar-refractivity contribution in [3.05, 3.63) is 29.8 Å². The zero-order chi connectivity index (χ0) is 26.7. The van der Waals surface area contributed by atoms with Crippen LogP contribution in [0.4, 0.5) is 0 Å². The zero-order valence-electron chi connectivity index (χ0n) is 19.6. The Hall–Kier alpha value is -3.32. The van der Waals surface area contributed by atoms with Crippen LogP contribution in [0.5, 0.6) is 5.75 Å². The number of aromatic hydroxyl groups is 1. The number of phenols is 1. The molecule has 0 aromatic heterocycles. The highest BCUT2D eigenvalue weighted by Gasteiger charge is 2.32. The summed E-state index contributed by atoms with van der Waals surface area (Å²) in [5, 5.41) is 26.2. The molecule has 12 nitrogen and oxygen atoms in total. The molecule has 4 amide bonds. The van der Waals surface area contributed by atoms with E-state index in [1.165, 1.54) is 24.3 Å². The molecule has 1 rings (SSSR count). The minimum atomic E-state index is -1.43. The van der Waals surface area contributed by atoms with Crippen LogP contribution in [0.2, 0.25) is 0 Å². The molecule has 0 bridgehead atoms. The second kappa shape index (κ2) is 14.2. The summed E-state index contributed by atoms with van der Waals surface area (Å²) in [6.45, 7) is 3.44. The highest BCUT2D eigenvalue weighted by molar-refractivity contribution is 7.80. The van der Waals surface area contributed by atoms with E-state index in [0.717, 1.165) is 0 Å². The van der Waals surface area contributed by atoms with Crippen molar-refractivity contribution in [3.8, 4) is 5.75 Å². The van der Waals surface area contributed by atoms with E-state index < -0.39 is 66.1 Å². The van der Waals surface area contributed by atoms with Crippen molar-refractivity contribution in [3.63, 3.8) is 0 Å². The van der Waals surface area contributed by atoms with Gasteiger partial charge in [0.2, 0.25) is 23.6 Å². The molecular formula is C22H33N5O7S. The number of carboxylic acids is 1. The Balaban J connectivity index is 3.19. The first-order valence-electron chi connectivity index (χ1n) is 11.0. The van der Waals surface area contributed by atoms with Crippen LogP contribution in [0.1, 0.15) is 32.3 Å². The number of phenolic OH excluding ortho intramolecular Hbond substituents is 1. The molecule has 13 heteroatoms. The zero-order valence-corrected chi connectivity index (χ0v) is 20.5. The first-order valence-corrected chi connectivity index (χ1v) is 11.6. The van der Waals surface area contributed by atoms with Crippen LogP contribution in [0.25, 0.3) is 0 Å². The minimum Gasteiger partial charge on any atom is -0.508 e. The molecule has 194 valence electrons. The summed E-state index contributed by atoms with van der Waals surface area (Å²) in [4.78, 5) is 61.3. The van der Waals surface area contributed by atoms with E-state index >= 15 is 0 Å². The van der Waals surface area contributed by atoms with Gasteiger partial charge in [0.05, 0.1) is 12.5 Å². The van der Waals surface area contributed by atoms with E-state index in [9.17, 15) is 34.2 Å². The summed E-state index contributed by atoms with van der Waals surface area (Å²) in [7, 11) is 0. The quantitative estimate of drug-likeness (QED) is 0.139. The van der Waals surface area contributed by atoms with Crippen LogP contribution in [-0.4, -0.2) is 69.7 Å². The molecule has 0 spiro atoms. The van der Waals surface area contributed by atoms with Gasteiger partial charge in [-0.1, -0.05) is 32.4 Å². The number of primary amides is 1. The Bertz CT molecular complexity index is 912. The molecule has 35 heavy (non-hydrogen) atoms. The summed E-state index contributed by atoms with van der Waals surface area (Å²) >= 11 is 3.92. The molecule has 9 N–H and O–H groups in total. The van der Waals surface area contributed by atoms with E-state index in [4.69, 9.17) is 11.5 Å². The molecule has 0 saturated carbocycles. The van der Waals surface area contributed by atoms with E-state index in [-0.39, 0.29) is 17.9 Å². The predicted octanol–water partition coefficient (Wildman–Crippen LogP) is -1.35.